The Kier molecular flexibility index (Phi) is 4.54. The van der Waals surface area contributed by atoms with Crippen LogP contribution in [0.2, 0.25) is 0 Å². The Balaban J connectivity index is 2.21. The summed E-state index contributed by atoms with van der Waals surface area (Å²) in [5, 5.41) is 0. The third-order valence-corrected chi connectivity index (χ3v) is 4.59. The van der Waals surface area contributed by atoms with Crippen LogP contribution < -0.4 is 4.74 Å². The monoisotopic (exact) mass is 328 g/mol. The van der Waals surface area contributed by atoms with E-state index in [9.17, 15) is 12.8 Å². The minimum Gasteiger partial charge on any atom is -0.489 e. The molecular formula is C15H14ClFO3S. The fourth-order valence-electron chi connectivity index (χ4n) is 2.13. The number of rotatable bonds is 4. The van der Waals surface area contributed by atoms with Crippen molar-refractivity contribution in [1.29, 1.82) is 0 Å². The van der Waals surface area contributed by atoms with Gasteiger partial charge in [0.1, 0.15) is 18.2 Å². The van der Waals surface area contributed by atoms with Gasteiger partial charge in [0, 0.05) is 10.7 Å². The lowest BCUT2D eigenvalue weighted by Gasteiger charge is -2.11. The molecule has 0 aliphatic heterocycles. The van der Waals surface area contributed by atoms with Crippen molar-refractivity contribution in [3.63, 3.8) is 0 Å². The van der Waals surface area contributed by atoms with Gasteiger partial charge < -0.3 is 4.74 Å². The summed E-state index contributed by atoms with van der Waals surface area (Å²) < 4.78 is 41.4. The van der Waals surface area contributed by atoms with Crippen molar-refractivity contribution in [1.82, 2.24) is 0 Å². The number of hydrogen-bond acceptors (Lipinski definition) is 3. The highest BCUT2D eigenvalue weighted by Gasteiger charge is 2.17. The van der Waals surface area contributed by atoms with E-state index in [1.807, 2.05) is 0 Å². The molecule has 6 heteroatoms. The summed E-state index contributed by atoms with van der Waals surface area (Å²) in [5.41, 5.74) is 1.87. The number of halogens is 2. The summed E-state index contributed by atoms with van der Waals surface area (Å²) >= 11 is 0. The third kappa shape index (κ3) is 3.95. The average molecular weight is 329 g/mol. The van der Waals surface area contributed by atoms with Gasteiger partial charge in [-0.15, -0.1) is 0 Å². The van der Waals surface area contributed by atoms with Gasteiger partial charge in [0.05, 0.1) is 4.90 Å². The van der Waals surface area contributed by atoms with Crippen molar-refractivity contribution >= 4 is 19.7 Å². The third-order valence-electron chi connectivity index (χ3n) is 3.00. The molecule has 0 aliphatic rings. The summed E-state index contributed by atoms with van der Waals surface area (Å²) in [7, 11) is 1.63. The van der Waals surface area contributed by atoms with Gasteiger partial charge in [-0.1, -0.05) is 12.1 Å². The fourth-order valence-corrected chi connectivity index (χ4v) is 3.74. The fraction of sp³-hybridized carbons (Fsp3) is 0.200. The van der Waals surface area contributed by atoms with Gasteiger partial charge in [-0.2, -0.15) is 0 Å². The Morgan fingerprint density at radius 2 is 1.62 bits per heavy atom. The lowest BCUT2D eigenvalue weighted by molar-refractivity contribution is 0.305. The molecule has 112 valence electrons. The number of ether oxygens (including phenoxy) is 1. The van der Waals surface area contributed by atoms with Crippen molar-refractivity contribution < 1.29 is 17.5 Å². The number of hydrogen-bond donors (Lipinski definition) is 0. The lowest BCUT2D eigenvalue weighted by Crippen LogP contribution is -2.01. The molecular weight excluding hydrogens is 315 g/mol. The van der Waals surface area contributed by atoms with Crippen molar-refractivity contribution in [2.24, 2.45) is 0 Å². The molecule has 0 unspecified atom stereocenters. The van der Waals surface area contributed by atoms with E-state index < -0.39 is 9.05 Å². The molecule has 0 fully saturated rings. The van der Waals surface area contributed by atoms with Crippen LogP contribution >= 0.6 is 10.7 Å². The van der Waals surface area contributed by atoms with E-state index in [2.05, 4.69) is 0 Å². The largest absolute Gasteiger partial charge is 0.489 e. The van der Waals surface area contributed by atoms with Crippen LogP contribution in [-0.2, 0) is 15.7 Å². The molecule has 0 saturated carbocycles. The van der Waals surface area contributed by atoms with E-state index in [1.54, 1.807) is 38.1 Å². The Morgan fingerprint density at radius 1 is 1.10 bits per heavy atom. The van der Waals surface area contributed by atoms with E-state index in [0.29, 0.717) is 16.9 Å². The highest BCUT2D eigenvalue weighted by Crippen LogP contribution is 2.28. The van der Waals surface area contributed by atoms with Crippen molar-refractivity contribution in [3.05, 3.63) is 58.9 Å². The maximum absolute atomic E-state index is 12.8. The van der Waals surface area contributed by atoms with Gasteiger partial charge in [0.15, 0.2) is 0 Å². The molecule has 0 aromatic heterocycles. The first-order chi connectivity index (χ1) is 9.77. The van der Waals surface area contributed by atoms with Crippen LogP contribution in [-0.4, -0.2) is 8.42 Å². The summed E-state index contributed by atoms with van der Waals surface area (Å²) in [5.74, 6) is 0.237. The second-order valence-corrected chi connectivity index (χ2v) is 7.24. The molecule has 2 rings (SSSR count). The molecule has 2 aromatic carbocycles. The van der Waals surface area contributed by atoms with Crippen molar-refractivity contribution in [2.45, 2.75) is 25.3 Å². The maximum Gasteiger partial charge on any atom is 0.261 e. The van der Waals surface area contributed by atoms with E-state index in [0.717, 1.165) is 5.56 Å². The van der Waals surface area contributed by atoms with Gasteiger partial charge in [-0.25, -0.2) is 12.8 Å². The van der Waals surface area contributed by atoms with Crippen LogP contribution in [0.25, 0.3) is 0 Å². The highest BCUT2D eigenvalue weighted by atomic mass is 35.7. The molecule has 2 aromatic rings. The Bertz CT molecular complexity index is 732. The molecule has 21 heavy (non-hydrogen) atoms. The Morgan fingerprint density at radius 3 is 2.10 bits per heavy atom. The SMILES string of the molecule is Cc1cc(OCc2ccc(F)cc2)cc(C)c1S(=O)(=O)Cl. The molecule has 0 radical (unpaired) electrons. The second kappa shape index (κ2) is 6.03. The number of aryl methyl sites for hydroxylation is 2. The number of benzene rings is 2. The van der Waals surface area contributed by atoms with Crippen LogP contribution in [0.3, 0.4) is 0 Å². The van der Waals surface area contributed by atoms with Gasteiger partial charge in [-0.05, 0) is 54.8 Å². The maximum atomic E-state index is 12.8. The van der Waals surface area contributed by atoms with Gasteiger partial charge in [0.2, 0.25) is 0 Å². The van der Waals surface area contributed by atoms with Gasteiger partial charge in [-0.3, -0.25) is 0 Å². The zero-order chi connectivity index (χ0) is 15.6. The van der Waals surface area contributed by atoms with Crippen LogP contribution in [0.15, 0.2) is 41.3 Å². The predicted molar refractivity (Wildman–Crippen MR) is 79.7 cm³/mol. The first kappa shape index (κ1) is 15.8. The van der Waals surface area contributed by atoms with Gasteiger partial charge in [0.25, 0.3) is 9.05 Å². The second-order valence-electron chi connectivity index (χ2n) is 4.74. The highest BCUT2D eigenvalue weighted by molar-refractivity contribution is 8.13. The average Bonchev–Trinajstić information content (AvgIpc) is 2.35. The molecule has 0 atom stereocenters. The van der Waals surface area contributed by atoms with E-state index in [1.165, 1.54) is 12.1 Å². The predicted octanol–water partition coefficient (Wildman–Crippen LogP) is 3.95. The summed E-state index contributed by atoms with van der Waals surface area (Å²) in [6, 6.07) is 9.22. The quantitative estimate of drug-likeness (QED) is 0.798. The molecule has 0 bridgehead atoms. The molecule has 0 aliphatic carbocycles. The molecule has 0 amide bonds. The normalized spacial score (nSPS) is 11.4. The van der Waals surface area contributed by atoms with E-state index in [4.69, 9.17) is 15.4 Å². The smallest absolute Gasteiger partial charge is 0.261 e. The van der Waals surface area contributed by atoms with Crippen LogP contribution in [0.4, 0.5) is 4.39 Å². The molecule has 0 spiro atoms. The van der Waals surface area contributed by atoms with Crippen LogP contribution in [0.5, 0.6) is 5.75 Å². The topological polar surface area (TPSA) is 43.4 Å². The minimum absolute atomic E-state index is 0.110. The zero-order valence-corrected chi connectivity index (χ0v) is 13.1. The standard InChI is InChI=1S/C15H14ClFO3S/c1-10-7-14(8-11(2)15(10)21(16,18)19)20-9-12-3-5-13(17)6-4-12/h3-8H,9H2,1-2H3. The van der Waals surface area contributed by atoms with Crippen LogP contribution in [0, 0.1) is 19.7 Å². The Labute approximate surface area is 127 Å². The lowest BCUT2D eigenvalue weighted by atomic mass is 10.1. The first-order valence-corrected chi connectivity index (χ1v) is 8.51. The molecule has 0 N–H and O–H groups in total. The Hall–Kier alpha value is -1.59. The molecule has 3 nitrogen and oxygen atoms in total. The molecule has 0 saturated heterocycles. The minimum atomic E-state index is -3.78. The summed E-state index contributed by atoms with van der Waals surface area (Å²) in [6.07, 6.45) is 0. The van der Waals surface area contributed by atoms with E-state index >= 15 is 0 Å². The van der Waals surface area contributed by atoms with E-state index in [-0.39, 0.29) is 17.3 Å². The first-order valence-electron chi connectivity index (χ1n) is 6.20. The van der Waals surface area contributed by atoms with Gasteiger partial charge >= 0.3 is 0 Å². The zero-order valence-electron chi connectivity index (χ0n) is 11.6. The van der Waals surface area contributed by atoms with Crippen molar-refractivity contribution in [3.8, 4) is 5.75 Å². The molecule has 0 heterocycles. The summed E-state index contributed by atoms with van der Waals surface area (Å²) in [4.78, 5) is 0.110. The van der Waals surface area contributed by atoms with Crippen LogP contribution in [0.1, 0.15) is 16.7 Å². The summed E-state index contributed by atoms with van der Waals surface area (Å²) in [6.45, 7) is 3.59. The van der Waals surface area contributed by atoms with Crippen molar-refractivity contribution in [2.75, 3.05) is 0 Å².